The van der Waals surface area contributed by atoms with Gasteiger partial charge in [0.2, 0.25) is 0 Å². The summed E-state index contributed by atoms with van der Waals surface area (Å²) >= 11 is 0. The number of nitrogens with zero attached hydrogens (tertiary/aromatic N) is 2. The first-order valence-electron chi connectivity index (χ1n) is 9.81. The lowest BCUT2D eigenvalue weighted by Gasteiger charge is -2.24. The molecule has 2 N–H and O–H groups in total. The van der Waals surface area contributed by atoms with E-state index in [1.165, 1.54) is 12.1 Å². The van der Waals surface area contributed by atoms with Gasteiger partial charge in [0.25, 0.3) is 5.78 Å². The minimum Gasteiger partial charge on any atom is -0.478 e. The molecule has 2 aromatic carbocycles. The van der Waals surface area contributed by atoms with Gasteiger partial charge in [-0.15, -0.1) is 0 Å². The van der Waals surface area contributed by atoms with E-state index in [1.807, 2.05) is 36.1 Å². The Bertz CT molecular complexity index is 1110. The van der Waals surface area contributed by atoms with Gasteiger partial charge in [-0.2, -0.15) is 0 Å². The Morgan fingerprint density at radius 1 is 0.903 bits per heavy atom. The van der Waals surface area contributed by atoms with E-state index in [9.17, 15) is 19.5 Å². The molecule has 1 heterocycles. The quantitative estimate of drug-likeness (QED) is 0.397. The van der Waals surface area contributed by atoms with E-state index in [0.29, 0.717) is 24.5 Å². The van der Waals surface area contributed by atoms with Crippen molar-refractivity contribution in [1.82, 2.24) is 4.98 Å². The molecule has 158 valence electrons. The average molecular weight is 418 g/mol. The number of carbonyl (C=O) groups is 3. The van der Waals surface area contributed by atoms with Crippen molar-refractivity contribution in [3.63, 3.8) is 0 Å². The van der Waals surface area contributed by atoms with Crippen LogP contribution in [-0.4, -0.2) is 39.5 Å². The normalized spacial score (nSPS) is 10.5. The average Bonchev–Trinajstić information content (AvgIpc) is 2.78. The van der Waals surface area contributed by atoms with E-state index in [0.717, 1.165) is 17.5 Å². The number of hydrogen-bond donors (Lipinski definition) is 2. The van der Waals surface area contributed by atoms with Crippen LogP contribution in [0.15, 0.2) is 66.9 Å². The standard InChI is InChI=1S/C24H22N2O5/c1-2-14-26(22-20(23(28)29)8-5-13-25-22)15-16-9-11-17(12-10-16)18-6-3-4-7-19(18)21(27)24(30)31/h3-13H,2,14-15H2,1H3,(H,28,29)(H,30,31). The minimum atomic E-state index is -1.50. The van der Waals surface area contributed by atoms with Crippen molar-refractivity contribution >= 4 is 23.5 Å². The number of Topliss-reactive ketones (excluding diaryl/α,β-unsaturated/α-hetero) is 1. The SMILES string of the molecule is CCCN(Cc1ccc(-c2ccccc2C(=O)C(=O)O)cc1)c1ncccc1C(=O)O. The van der Waals surface area contributed by atoms with Crippen LogP contribution < -0.4 is 4.90 Å². The first-order valence-corrected chi connectivity index (χ1v) is 9.81. The summed E-state index contributed by atoms with van der Waals surface area (Å²) in [5.41, 5.74) is 2.48. The van der Waals surface area contributed by atoms with Crippen molar-refractivity contribution < 1.29 is 24.6 Å². The molecule has 0 bridgehead atoms. The van der Waals surface area contributed by atoms with E-state index in [-0.39, 0.29) is 11.1 Å². The second-order valence-electron chi connectivity index (χ2n) is 6.98. The number of rotatable bonds is 9. The molecule has 1 aromatic heterocycles. The summed E-state index contributed by atoms with van der Waals surface area (Å²) in [5.74, 6) is -3.06. The summed E-state index contributed by atoms with van der Waals surface area (Å²) in [6.45, 7) is 3.10. The monoisotopic (exact) mass is 418 g/mol. The van der Waals surface area contributed by atoms with Gasteiger partial charge < -0.3 is 15.1 Å². The molecule has 0 saturated heterocycles. The first-order chi connectivity index (χ1) is 14.9. The van der Waals surface area contributed by atoms with E-state index in [1.54, 1.807) is 30.5 Å². The van der Waals surface area contributed by atoms with Crippen molar-refractivity contribution in [2.75, 3.05) is 11.4 Å². The number of carboxylic acids is 2. The molecule has 0 saturated carbocycles. The number of aliphatic carboxylic acids is 1. The van der Waals surface area contributed by atoms with Gasteiger partial charge >= 0.3 is 11.9 Å². The van der Waals surface area contributed by atoms with Gasteiger partial charge in [0, 0.05) is 24.8 Å². The van der Waals surface area contributed by atoms with Gasteiger partial charge in [-0.05, 0) is 35.2 Å². The summed E-state index contributed by atoms with van der Waals surface area (Å²) in [4.78, 5) is 40.9. The summed E-state index contributed by atoms with van der Waals surface area (Å²) < 4.78 is 0. The van der Waals surface area contributed by atoms with E-state index < -0.39 is 17.7 Å². The highest BCUT2D eigenvalue weighted by Gasteiger charge is 2.19. The summed E-state index contributed by atoms with van der Waals surface area (Å²) in [6.07, 6.45) is 2.39. The number of aromatic nitrogens is 1. The predicted octanol–water partition coefficient (Wildman–Crippen LogP) is 4.13. The second kappa shape index (κ2) is 9.67. The lowest BCUT2D eigenvalue weighted by molar-refractivity contribution is -0.131. The van der Waals surface area contributed by atoms with Crippen LogP contribution in [-0.2, 0) is 11.3 Å². The maximum Gasteiger partial charge on any atom is 0.377 e. The molecule has 0 unspecified atom stereocenters. The number of pyridine rings is 1. The number of carboxylic acid groups (broad SMARTS) is 2. The third-order valence-corrected chi connectivity index (χ3v) is 4.81. The van der Waals surface area contributed by atoms with Crippen LogP contribution in [0.2, 0.25) is 0 Å². The van der Waals surface area contributed by atoms with Crippen LogP contribution >= 0.6 is 0 Å². The first kappa shape index (κ1) is 21.7. The molecule has 0 radical (unpaired) electrons. The number of benzene rings is 2. The van der Waals surface area contributed by atoms with Gasteiger partial charge in [0.1, 0.15) is 11.4 Å². The number of aromatic carboxylic acids is 1. The molecule has 0 fully saturated rings. The Hall–Kier alpha value is -4.00. The minimum absolute atomic E-state index is 0.134. The zero-order chi connectivity index (χ0) is 22.4. The molecule has 0 amide bonds. The van der Waals surface area contributed by atoms with Crippen molar-refractivity contribution in [2.45, 2.75) is 19.9 Å². The highest BCUT2D eigenvalue weighted by Crippen LogP contribution is 2.26. The van der Waals surface area contributed by atoms with E-state index >= 15 is 0 Å². The maximum atomic E-state index is 12.0. The highest BCUT2D eigenvalue weighted by atomic mass is 16.4. The van der Waals surface area contributed by atoms with Gasteiger partial charge in [0.05, 0.1) is 0 Å². The van der Waals surface area contributed by atoms with Crippen LogP contribution in [0, 0.1) is 0 Å². The van der Waals surface area contributed by atoms with Crippen molar-refractivity contribution in [3.8, 4) is 11.1 Å². The molecule has 0 aliphatic heterocycles. The molecule has 7 nitrogen and oxygen atoms in total. The van der Waals surface area contributed by atoms with E-state index in [4.69, 9.17) is 5.11 Å². The molecule has 3 aromatic rings. The topological polar surface area (TPSA) is 108 Å². The van der Waals surface area contributed by atoms with Gasteiger partial charge in [-0.25, -0.2) is 14.6 Å². The van der Waals surface area contributed by atoms with Crippen molar-refractivity contribution in [1.29, 1.82) is 0 Å². The second-order valence-corrected chi connectivity index (χ2v) is 6.98. The Kier molecular flexibility index (Phi) is 6.77. The maximum absolute atomic E-state index is 12.0. The zero-order valence-corrected chi connectivity index (χ0v) is 17.0. The lowest BCUT2D eigenvalue weighted by Crippen LogP contribution is -2.26. The van der Waals surface area contributed by atoms with Crippen molar-refractivity contribution in [2.24, 2.45) is 0 Å². The van der Waals surface area contributed by atoms with Crippen LogP contribution in [0.3, 0.4) is 0 Å². The fourth-order valence-electron chi connectivity index (χ4n) is 3.40. The molecule has 0 spiro atoms. The molecule has 0 aliphatic carbocycles. The van der Waals surface area contributed by atoms with Gasteiger partial charge in [-0.3, -0.25) is 4.79 Å². The zero-order valence-electron chi connectivity index (χ0n) is 17.0. The molecule has 0 atom stereocenters. The van der Waals surface area contributed by atoms with Crippen LogP contribution in [0.25, 0.3) is 11.1 Å². The van der Waals surface area contributed by atoms with Crippen LogP contribution in [0.5, 0.6) is 0 Å². The Balaban J connectivity index is 1.89. The van der Waals surface area contributed by atoms with Gasteiger partial charge in [0.15, 0.2) is 0 Å². The number of carbonyl (C=O) groups excluding carboxylic acids is 1. The third kappa shape index (κ3) is 4.95. The Morgan fingerprint density at radius 3 is 2.23 bits per heavy atom. The van der Waals surface area contributed by atoms with Crippen molar-refractivity contribution in [3.05, 3.63) is 83.6 Å². The Morgan fingerprint density at radius 2 is 1.58 bits per heavy atom. The molecule has 3 rings (SSSR count). The fourth-order valence-corrected chi connectivity index (χ4v) is 3.40. The molecular formula is C24H22N2O5. The summed E-state index contributed by atoms with van der Waals surface area (Å²) in [6, 6.07) is 17.1. The molecular weight excluding hydrogens is 396 g/mol. The number of ketones is 1. The number of anilines is 1. The Labute approximate surface area is 179 Å². The summed E-state index contributed by atoms with van der Waals surface area (Å²) in [5, 5.41) is 18.6. The molecule has 7 heteroatoms. The van der Waals surface area contributed by atoms with E-state index in [2.05, 4.69) is 4.98 Å². The summed E-state index contributed by atoms with van der Waals surface area (Å²) in [7, 11) is 0. The molecule has 31 heavy (non-hydrogen) atoms. The predicted molar refractivity (Wildman–Crippen MR) is 116 cm³/mol. The third-order valence-electron chi connectivity index (χ3n) is 4.81. The number of hydrogen-bond acceptors (Lipinski definition) is 5. The largest absolute Gasteiger partial charge is 0.478 e. The van der Waals surface area contributed by atoms with Gasteiger partial charge in [-0.1, -0.05) is 55.5 Å². The molecule has 0 aliphatic rings. The highest BCUT2D eigenvalue weighted by molar-refractivity contribution is 6.41. The smallest absolute Gasteiger partial charge is 0.377 e. The fraction of sp³-hybridized carbons (Fsp3) is 0.167. The van der Waals surface area contributed by atoms with Crippen LogP contribution in [0.4, 0.5) is 5.82 Å². The van der Waals surface area contributed by atoms with Crippen LogP contribution in [0.1, 0.15) is 39.6 Å². The lowest BCUT2D eigenvalue weighted by atomic mass is 9.96.